The highest BCUT2D eigenvalue weighted by molar-refractivity contribution is 7.80. The van der Waals surface area contributed by atoms with E-state index in [-0.39, 0.29) is 5.97 Å². The van der Waals surface area contributed by atoms with Crippen LogP contribution in [-0.4, -0.2) is 55.8 Å². The zero-order valence-corrected chi connectivity index (χ0v) is 18.4. The van der Waals surface area contributed by atoms with E-state index in [2.05, 4.69) is 53.1 Å². The van der Waals surface area contributed by atoms with Crippen LogP contribution in [0.3, 0.4) is 0 Å². The van der Waals surface area contributed by atoms with Crippen LogP contribution in [-0.2, 0) is 16.1 Å². The molecular weight excluding hydrogens is 370 g/mol. The number of nitrogens with one attached hydrogen (secondary N) is 2. The van der Waals surface area contributed by atoms with Gasteiger partial charge in [-0.3, -0.25) is 4.79 Å². The first-order valence-electron chi connectivity index (χ1n) is 10.5. The van der Waals surface area contributed by atoms with Gasteiger partial charge in [-0.2, -0.15) is 0 Å². The van der Waals surface area contributed by atoms with E-state index in [1.807, 2.05) is 0 Å². The van der Waals surface area contributed by atoms with Crippen molar-refractivity contribution in [2.45, 2.75) is 52.0 Å². The van der Waals surface area contributed by atoms with Gasteiger partial charge in [0.1, 0.15) is 6.54 Å². The van der Waals surface area contributed by atoms with Crippen molar-refractivity contribution in [3.05, 3.63) is 35.4 Å². The lowest BCUT2D eigenvalue weighted by Gasteiger charge is -2.34. The fourth-order valence-electron chi connectivity index (χ4n) is 3.49. The van der Waals surface area contributed by atoms with Crippen molar-refractivity contribution in [2.24, 2.45) is 0 Å². The number of ether oxygens (including phenoxy) is 1. The number of hydrogen-bond donors (Lipinski definition) is 2. The van der Waals surface area contributed by atoms with Gasteiger partial charge in [-0.05, 0) is 36.5 Å². The number of thiocarbonyl (C=S) groups is 1. The summed E-state index contributed by atoms with van der Waals surface area (Å²) < 4.78 is 4.65. The predicted octanol–water partition coefficient (Wildman–Crippen LogP) is 2.12. The number of hydrogen-bond acceptors (Lipinski definition) is 3. The van der Waals surface area contributed by atoms with Crippen LogP contribution in [0.2, 0.25) is 0 Å². The van der Waals surface area contributed by atoms with Crippen LogP contribution < -0.4 is 10.2 Å². The topological polar surface area (TPSA) is 46.0 Å². The van der Waals surface area contributed by atoms with Crippen LogP contribution in [0.5, 0.6) is 0 Å². The average molecular weight is 407 g/mol. The number of nitrogens with zero attached hydrogens (tertiary/aromatic N) is 1. The summed E-state index contributed by atoms with van der Waals surface area (Å²) in [4.78, 5) is 15.0. The third-order valence-electron chi connectivity index (χ3n) is 5.42. The molecule has 2 rings (SSSR count). The summed E-state index contributed by atoms with van der Waals surface area (Å²) in [6.07, 6.45) is 3.42. The van der Waals surface area contributed by atoms with E-state index < -0.39 is 0 Å². The van der Waals surface area contributed by atoms with Gasteiger partial charge < -0.3 is 19.9 Å². The smallest absolute Gasteiger partial charge is 0.305 e. The first-order chi connectivity index (χ1) is 13.5. The molecule has 0 bridgehead atoms. The number of carbonyl (C=O) groups excluding carboxylic acids is 1. The van der Waals surface area contributed by atoms with Crippen molar-refractivity contribution in [2.75, 3.05) is 39.8 Å². The van der Waals surface area contributed by atoms with Gasteiger partial charge in [0, 0.05) is 18.5 Å². The Labute approximate surface area is 175 Å². The Morgan fingerprint density at radius 2 is 1.86 bits per heavy atom. The van der Waals surface area contributed by atoms with Gasteiger partial charge in [-0.25, -0.2) is 0 Å². The molecule has 0 saturated carbocycles. The Morgan fingerprint density at radius 1 is 1.18 bits per heavy atom. The maximum absolute atomic E-state index is 11.1. The second-order valence-corrected chi connectivity index (χ2v) is 8.32. The normalized spacial score (nSPS) is 14.9. The Hall–Kier alpha value is -1.66. The molecule has 0 spiro atoms. The minimum absolute atomic E-state index is 0.125. The maximum Gasteiger partial charge on any atom is 0.305 e. The van der Waals surface area contributed by atoms with Crippen LogP contribution in [0.25, 0.3) is 0 Å². The van der Waals surface area contributed by atoms with E-state index in [1.54, 1.807) is 4.90 Å². The Balaban J connectivity index is 1.60. The van der Waals surface area contributed by atoms with Gasteiger partial charge in [-0.1, -0.05) is 44.5 Å². The fourth-order valence-corrected chi connectivity index (χ4v) is 3.78. The van der Waals surface area contributed by atoms with Crippen LogP contribution in [0, 0.1) is 0 Å². The largest absolute Gasteiger partial charge is 0.469 e. The number of quaternary nitrogens is 1. The Kier molecular flexibility index (Phi) is 9.71. The molecule has 1 fully saturated rings. The molecule has 0 unspecified atom stereocenters. The lowest BCUT2D eigenvalue weighted by Crippen LogP contribution is -3.13. The van der Waals surface area contributed by atoms with Gasteiger partial charge >= 0.3 is 5.97 Å². The van der Waals surface area contributed by atoms with Crippen molar-refractivity contribution >= 4 is 23.3 Å². The van der Waals surface area contributed by atoms with E-state index in [0.29, 0.717) is 12.3 Å². The summed E-state index contributed by atoms with van der Waals surface area (Å²) in [7, 11) is 1.44. The SMILES string of the molecule is COC(=O)CCCCCNC(=S)N1CC[NH+](Cc2ccc(C(C)C)cc2)CC1. The minimum atomic E-state index is -0.125. The molecule has 1 aliphatic rings. The highest BCUT2D eigenvalue weighted by Gasteiger charge is 2.21. The van der Waals surface area contributed by atoms with Crippen molar-refractivity contribution in [1.82, 2.24) is 10.2 Å². The summed E-state index contributed by atoms with van der Waals surface area (Å²) >= 11 is 5.55. The number of rotatable bonds is 9. The molecule has 1 aromatic rings. The lowest BCUT2D eigenvalue weighted by atomic mass is 10.0. The standard InChI is InChI=1S/C22H35N3O2S/c1-18(2)20-10-8-19(9-11-20)17-24-13-15-25(16-14-24)22(28)23-12-6-4-5-7-21(26)27-3/h8-11,18H,4-7,12-17H2,1-3H3,(H,23,28)/p+1. The molecule has 0 radical (unpaired) electrons. The average Bonchev–Trinajstić information content (AvgIpc) is 2.71. The lowest BCUT2D eigenvalue weighted by molar-refractivity contribution is -0.917. The van der Waals surface area contributed by atoms with E-state index in [0.717, 1.165) is 63.6 Å². The monoisotopic (exact) mass is 406 g/mol. The summed E-state index contributed by atoms with van der Waals surface area (Å²) in [6.45, 7) is 10.7. The van der Waals surface area contributed by atoms with E-state index >= 15 is 0 Å². The molecule has 6 heteroatoms. The maximum atomic E-state index is 11.1. The molecule has 1 heterocycles. The van der Waals surface area contributed by atoms with Gasteiger partial charge in [0.25, 0.3) is 0 Å². The molecule has 1 saturated heterocycles. The zero-order chi connectivity index (χ0) is 20.4. The van der Waals surface area contributed by atoms with Crippen LogP contribution in [0.4, 0.5) is 0 Å². The number of carbonyl (C=O) groups is 1. The summed E-state index contributed by atoms with van der Waals surface area (Å²) in [6, 6.07) is 9.09. The van der Waals surface area contributed by atoms with Crippen LogP contribution >= 0.6 is 12.2 Å². The molecule has 28 heavy (non-hydrogen) atoms. The van der Waals surface area contributed by atoms with Crippen LogP contribution in [0.1, 0.15) is 56.6 Å². The summed E-state index contributed by atoms with van der Waals surface area (Å²) in [5.74, 6) is 0.464. The molecule has 2 N–H and O–H groups in total. The van der Waals surface area contributed by atoms with Crippen molar-refractivity contribution in [3.8, 4) is 0 Å². The van der Waals surface area contributed by atoms with Crippen LogP contribution in [0.15, 0.2) is 24.3 Å². The third kappa shape index (κ3) is 7.76. The number of piperazine rings is 1. The predicted molar refractivity (Wildman–Crippen MR) is 118 cm³/mol. The van der Waals surface area contributed by atoms with Crippen molar-refractivity contribution < 1.29 is 14.4 Å². The number of methoxy groups -OCH3 is 1. The molecule has 0 aliphatic carbocycles. The highest BCUT2D eigenvalue weighted by atomic mass is 32.1. The van der Waals surface area contributed by atoms with Gasteiger partial charge in [0.05, 0.1) is 33.3 Å². The second kappa shape index (κ2) is 12.0. The molecular formula is C22H36N3O2S+. The molecule has 5 nitrogen and oxygen atoms in total. The first-order valence-corrected chi connectivity index (χ1v) is 10.9. The number of benzene rings is 1. The molecule has 156 valence electrons. The van der Waals surface area contributed by atoms with Crippen molar-refractivity contribution in [1.29, 1.82) is 0 Å². The summed E-state index contributed by atoms with van der Waals surface area (Å²) in [5, 5.41) is 4.24. The number of esters is 1. The minimum Gasteiger partial charge on any atom is -0.469 e. The molecule has 0 aromatic heterocycles. The molecule has 0 atom stereocenters. The van der Waals surface area contributed by atoms with Gasteiger partial charge in [0.2, 0.25) is 0 Å². The molecule has 1 aromatic carbocycles. The Bertz CT molecular complexity index is 611. The van der Waals surface area contributed by atoms with Gasteiger partial charge in [0.15, 0.2) is 5.11 Å². The second-order valence-electron chi connectivity index (χ2n) is 7.93. The van der Waals surface area contributed by atoms with E-state index in [9.17, 15) is 4.79 Å². The molecule has 0 amide bonds. The highest BCUT2D eigenvalue weighted by Crippen LogP contribution is 2.14. The van der Waals surface area contributed by atoms with Gasteiger partial charge in [-0.15, -0.1) is 0 Å². The fraction of sp³-hybridized carbons (Fsp3) is 0.636. The first kappa shape index (κ1) is 22.6. The number of unbranched alkanes of at least 4 members (excludes halogenated alkanes) is 2. The Morgan fingerprint density at radius 3 is 2.46 bits per heavy atom. The quantitative estimate of drug-likeness (QED) is 0.374. The molecule has 1 aliphatic heterocycles. The third-order valence-corrected chi connectivity index (χ3v) is 5.82. The van der Waals surface area contributed by atoms with E-state index in [1.165, 1.54) is 18.2 Å². The van der Waals surface area contributed by atoms with Crippen molar-refractivity contribution in [3.63, 3.8) is 0 Å². The summed E-state index contributed by atoms with van der Waals surface area (Å²) in [5.41, 5.74) is 2.82. The zero-order valence-electron chi connectivity index (χ0n) is 17.6. The van der Waals surface area contributed by atoms with E-state index in [4.69, 9.17) is 12.2 Å².